The van der Waals surface area contributed by atoms with E-state index in [-0.39, 0.29) is 0 Å². The average Bonchev–Trinajstić information content (AvgIpc) is 2.03. The van der Waals surface area contributed by atoms with Gasteiger partial charge in [-0.2, -0.15) is 5.26 Å². The van der Waals surface area contributed by atoms with Crippen LogP contribution < -0.4 is 0 Å². The molecule has 0 saturated heterocycles. The number of allylic oxidation sites excluding steroid dienone is 1. The van der Waals surface area contributed by atoms with Crippen molar-refractivity contribution in [2.75, 3.05) is 0 Å². The first-order chi connectivity index (χ1) is 5.34. The Morgan fingerprint density at radius 2 is 2.09 bits per heavy atom. The normalized spacial score (nSPS) is 9.82. The van der Waals surface area contributed by atoms with Crippen molar-refractivity contribution in [3.05, 3.63) is 35.9 Å². The van der Waals surface area contributed by atoms with Crippen molar-refractivity contribution in [1.29, 1.82) is 5.26 Å². The third kappa shape index (κ3) is 2.14. The summed E-state index contributed by atoms with van der Waals surface area (Å²) >= 11 is 4.21. The minimum atomic E-state index is 0.888. The van der Waals surface area contributed by atoms with Gasteiger partial charge in [0.15, 0.2) is 0 Å². The van der Waals surface area contributed by atoms with E-state index in [2.05, 4.69) is 12.6 Å². The van der Waals surface area contributed by atoms with Crippen molar-refractivity contribution >= 4 is 18.7 Å². The lowest BCUT2D eigenvalue weighted by molar-refractivity contribution is 1.43. The van der Waals surface area contributed by atoms with Gasteiger partial charge in [0.05, 0.1) is 6.07 Å². The van der Waals surface area contributed by atoms with Gasteiger partial charge in [0.2, 0.25) is 0 Å². The van der Waals surface area contributed by atoms with Crippen LogP contribution in [0, 0.1) is 11.3 Å². The minimum Gasteiger partial charge on any atom is -0.193 e. The summed E-state index contributed by atoms with van der Waals surface area (Å²) in [7, 11) is 0. The number of nitrogens with zero attached hydrogens (tertiary/aromatic N) is 1. The molecule has 0 aliphatic rings. The number of benzene rings is 1. The second-order valence-electron chi connectivity index (χ2n) is 2.02. The highest BCUT2D eigenvalue weighted by Gasteiger charge is 1.89. The summed E-state index contributed by atoms with van der Waals surface area (Å²) in [5, 5.41) is 8.26. The fraction of sp³-hybridized carbons (Fsp3) is 0. The Labute approximate surface area is 71.4 Å². The maximum atomic E-state index is 8.26. The van der Waals surface area contributed by atoms with Crippen molar-refractivity contribution in [3.8, 4) is 6.07 Å². The van der Waals surface area contributed by atoms with E-state index in [1.54, 1.807) is 6.08 Å². The van der Waals surface area contributed by atoms with E-state index < -0.39 is 0 Å². The van der Waals surface area contributed by atoms with E-state index in [0.29, 0.717) is 0 Å². The maximum Gasteiger partial charge on any atom is 0.0912 e. The molecular formula is C9H7NS. The molecule has 0 atom stereocenters. The zero-order valence-corrected chi connectivity index (χ0v) is 6.75. The van der Waals surface area contributed by atoms with Crippen LogP contribution in [0.15, 0.2) is 35.2 Å². The molecule has 1 aromatic carbocycles. The van der Waals surface area contributed by atoms with E-state index in [0.717, 1.165) is 10.5 Å². The molecule has 1 aromatic rings. The number of hydrogen-bond acceptors (Lipinski definition) is 2. The molecule has 0 fully saturated rings. The van der Waals surface area contributed by atoms with Crippen LogP contribution >= 0.6 is 12.6 Å². The van der Waals surface area contributed by atoms with Crippen LogP contribution in [-0.2, 0) is 0 Å². The second-order valence-corrected chi connectivity index (χ2v) is 2.50. The quantitative estimate of drug-likeness (QED) is 0.496. The first-order valence-corrected chi connectivity index (χ1v) is 3.63. The molecular weight excluding hydrogens is 154 g/mol. The number of rotatable bonds is 1. The fourth-order valence-corrected chi connectivity index (χ4v) is 0.991. The Morgan fingerprint density at radius 1 is 1.36 bits per heavy atom. The summed E-state index contributed by atoms with van der Waals surface area (Å²) < 4.78 is 0. The summed E-state index contributed by atoms with van der Waals surface area (Å²) in [4.78, 5) is 0.888. The Morgan fingerprint density at radius 3 is 2.73 bits per heavy atom. The van der Waals surface area contributed by atoms with Gasteiger partial charge < -0.3 is 0 Å². The Balaban J connectivity index is 2.97. The van der Waals surface area contributed by atoms with E-state index in [9.17, 15) is 0 Å². The number of nitriles is 1. The summed E-state index contributed by atoms with van der Waals surface area (Å²) in [5.74, 6) is 0. The Hall–Kier alpha value is -1.20. The van der Waals surface area contributed by atoms with Gasteiger partial charge in [0.1, 0.15) is 0 Å². The molecule has 1 rings (SSSR count). The lowest BCUT2D eigenvalue weighted by Crippen LogP contribution is -1.72. The Kier molecular flexibility index (Phi) is 2.76. The standard InChI is InChI=1S/C9H7NS/c10-7-3-5-8-4-1-2-6-9(8)11/h1-6,11H/b5-3+. The van der Waals surface area contributed by atoms with E-state index in [1.807, 2.05) is 30.3 Å². The predicted molar refractivity (Wildman–Crippen MR) is 48.3 cm³/mol. The summed E-state index contributed by atoms with van der Waals surface area (Å²) in [6.45, 7) is 0. The number of thiol groups is 1. The van der Waals surface area contributed by atoms with Gasteiger partial charge >= 0.3 is 0 Å². The predicted octanol–water partition coefficient (Wildman–Crippen LogP) is 2.51. The van der Waals surface area contributed by atoms with Crippen molar-refractivity contribution in [1.82, 2.24) is 0 Å². The molecule has 0 aromatic heterocycles. The first-order valence-electron chi connectivity index (χ1n) is 3.19. The van der Waals surface area contributed by atoms with Crippen molar-refractivity contribution in [2.24, 2.45) is 0 Å². The van der Waals surface area contributed by atoms with Crippen LogP contribution in [0.1, 0.15) is 5.56 Å². The van der Waals surface area contributed by atoms with Crippen LogP contribution in [-0.4, -0.2) is 0 Å². The molecule has 0 radical (unpaired) electrons. The van der Waals surface area contributed by atoms with Crippen LogP contribution in [0.2, 0.25) is 0 Å². The van der Waals surface area contributed by atoms with Gasteiger partial charge in [-0.25, -0.2) is 0 Å². The van der Waals surface area contributed by atoms with Crippen molar-refractivity contribution in [3.63, 3.8) is 0 Å². The molecule has 0 amide bonds. The fourth-order valence-electron chi connectivity index (χ4n) is 0.756. The largest absolute Gasteiger partial charge is 0.193 e. The minimum absolute atomic E-state index is 0.888. The molecule has 1 nitrogen and oxygen atoms in total. The van der Waals surface area contributed by atoms with Gasteiger partial charge in [-0.15, -0.1) is 12.6 Å². The lowest BCUT2D eigenvalue weighted by atomic mass is 10.2. The topological polar surface area (TPSA) is 23.8 Å². The molecule has 0 saturated carbocycles. The van der Waals surface area contributed by atoms with Crippen molar-refractivity contribution in [2.45, 2.75) is 4.90 Å². The Bertz CT molecular complexity index is 310. The molecule has 0 aliphatic carbocycles. The smallest absolute Gasteiger partial charge is 0.0912 e. The van der Waals surface area contributed by atoms with Gasteiger partial charge in [-0.1, -0.05) is 18.2 Å². The van der Waals surface area contributed by atoms with Gasteiger partial charge in [0, 0.05) is 11.0 Å². The zero-order chi connectivity index (χ0) is 8.10. The van der Waals surface area contributed by atoms with Crippen LogP contribution in [0.25, 0.3) is 6.08 Å². The number of hydrogen-bond donors (Lipinski definition) is 1. The van der Waals surface area contributed by atoms with Crippen LogP contribution in [0.4, 0.5) is 0 Å². The highest BCUT2D eigenvalue weighted by Crippen LogP contribution is 2.13. The molecule has 54 valence electrons. The monoisotopic (exact) mass is 161 g/mol. The zero-order valence-electron chi connectivity index (χ0n) is 5.86. The van der Waals surface area contributed by atoms with Crippen molar-refractivity contribution < 1.29 is 0 Å². The average molecular weight is 161 g/mol. The molecule has 0 bridgehead atoms. The first kappa shape index (κ1) is 7.90. The molecule has 0 spiro atoms. The lowest BCUT2D eigenvalue weighted by Gasteiger charge is -1.94. The summed E-state index contributed by atoms with van der Waals surface area (Å²) in [5.41, 5.74) is 0.970. The molecule has 2 heteroatoms. The van der Waals surface area contributed by atoms with Crippen LogP contribution in [0.3, 0.4) is 0 Å². The van der Waals surface area contributed by atoms with E-state index in [1.165, 1.54) is 6.08 Å². The van der Waals surface area contributed by atoms with E-state index >= 15 is 0 Å². The molecule has 0 aliphatic heterocycles. The molecule has 0 N–H and O–H groups in total. The van der Waals surface area contributed by atoms with E-state index in [4.69, 9.17) is 5.26 Å². The molecule has 0 unspecified atom stereocenters. The van der Waals surface area contributed by atoms with Gasteiger partial charge in [0.25, 0.3) is 0 Å². The highest BCUT2D eigenvalue weighted by molar-refractivity contribution is 7.80. The molecule has 0 heterocycles. The van der Waals surface area contributed by atoms with Gasteiger partial charge in [-0.3, -0.25) is 0 Å². The van der Waals surface area contributed by atoms with Crippen LogP contribution in [0.5, 0.6) is 0 Å². The van der Waals surface area contributed by atoms with Gasteiger partial charge in [-0.05, 0) is 17.7 Å². The maximum absolute atomic E-state index is 8.26. The SMILES string of the molecule is N#C/C=C/c1ccccc1S. The highest BCUT2D eigenvalue weighted by atomic mass is 32.1. The second kappa shape index (κ2) is 3.85. The summed E-state index contributed by atoms with van der Waals surface area (Å²) in [6.07, 6.45) is 3.18. The third-order valence-corrected chi connectivity index (χ3v) is 1.68. The third-order valence-electron chi connectivity index (χ3n) is 1.27. The molecule has 11 heavy (non-hydrogen) atoms. The summed E-state index contributed by atoms with van der Waals surface area (Å²) in [6, 6.07) is 9.55.